The lowest BCUT2D eigenvalue weighted by atomic mass is 9.91. The van der Waals surface area contributed by atoms with Gasteiger partial charge in [-0.2, -0.15) is 0 Å². The fourth-order valence-electron chi connectivity index (χ4n) is 3.19. The summed E-state index contributed by atoms with van der Waals surface area (Å²) >= 11 is 0. The molecule has 0 aromatic heterocycles. The Balaban J connectivity index is 1.45. The van der Waals surface area contributed by atoms with E-state index in [1.807, 2.05) is 31.2 Å². The minimum atomic E-state index is -1.15. The molecule has 2 heterocycles. The Morgan fingerprint density at radius 2 is 1.85 bits per heavy atom. The van der Waals surface area contributed by atoms with Gasteiger partial charge in [-0.3, -0.25) is 9.69 Å². The number of imide groups is 1. The average Bonchev–Trinajstić information content (AvgIpc) is 3.21. The van der Waals surface area contributed by atoms with Crippen molar-refractivity contribution >= 4 is 11.9 Å². The van der Waals surface area contributed by atoms with Crippen molar-refractivity contribution in [1.29, 1.82) is 0 Å². The molecule has 0 spiro atoms. The SMILES string of the molecule is Cc1ccc(OCCN2C(=O)N[C@](C)(c3ccc4c(c3)OCO4)C2=O)cc1. The molecule has 2 aromatic rings. The largest absolute Gasteiger partial charge is 0.492 e. The Hall–Kier alpha value is -3.22. The Morgan fingerprint density at radius 1 is 1.11 bits per heavy atom. The summed E-state index contributed by atoms with van der Waals surface area (Å²) in [6.45, 7) is 4.22. The van der Waals surface area contributed by atoms with Gasteiger partial charge in [0.05, 0.1) is 6.54 Å². The number of hydrogen-bond donors (Lipinski definition) is 1. The first-order valence-corrected chi connectivity index (χ1v) is 8.71. The lowest BCUT2D eigenvalue weighted by molar-refractivity contribution is -0.131. The van der Waals surface area contributed by atoms with Crippen LogP contribution in [0.5, 0.6) is 17.2 Å². The maximum Gasteiger partial charge on any atom is 0.325 e. The molecule has 4 rings (SSSR count). The molecule has 0 radical (unpaired) electrons. The highest BCUT2D eigenvalue weighted by molar-refractivity contribution is 6.07. The van der Waals surface area contributed by atoms with Crippen molar-refractivity contribution < 1.29 is 23.8 Å². The number of fused-ring (bicyclic) bond motifs is 1. The molecule has 27 heavy (non-hydrogen) atoms. The van der Waals surface area contributed by atoms with Crippen molar-refractivity contribution in [2.45, 2.75) is 19.4 Å². The normalized spacial score (nSPS) is 20.7. The summed E-state index contributed by atoms with van der Waals surface area (Å²) in [5.74, 6) is 1.57. The number of urea groups is 1. The van der Waals surface area contributed by atoms with Crippen LogP contribution in [-0.4, -0.2) is 36.8 Å². The summed E-state index contributed by atoms with van der Waals surface area (Å²) in [7, 11) is 0. The van der Waals surface area contributed by atoms with E-state index in [1.165, 1.54) is 4.90 Å². The minimum Gasteiger partial charge on any atom is -0.492 e. The maximum atomic E-state index is 12.9. The van der Waals surface area contributed by atoms with Crippen molar-refractivity contribution in [3.05, 3.63) is 53.6 Å². The van der Waals surface area contributed by atoms with Crippen LogP contribution in [0.3, 0.4) is 0 Å². The van der Waals surface area contributed by atoms with E-state index in [9.17, 15) is 9.59 Å². The first kappa shape index (κ1) is 17.2. The molecule has 0 bridgehead atoms. The predicted octanol–water partition coefficient (Wildman–Crippen LogP) is 2.57. The Bertz CT molecular complexity index is 896. The molecule has 7 nitrogen and oxygen atoms in total. The van der Waals surface area contributed by atoms with E-state index in [0.717, 1.165) is 5.56 Å². The second kappa shape index (κ2) is 6.50. The van der Waals surface area contributed by atoms with E-state index >= 15 is 0 Å². The van der Waals surface area contributed by atoms with Gasteiger partial charge in [0.15, 0.2) is 11.5 Å². The second-order valence-corrected chi connectivity index (χ2v) is 6.74. The third kappa shape index (κ3) is 3.05. The highest BCUT2D eigenvalue weighted by atomic mass is 16.7. The summed E-state index contributed by atoms with van der Waals surface area (Å²) in [5, 5.41) is 2.78. The Kier molecular flexibility index (Phi) is 4.14. The third-order valence-electron chi connectivity index (χ3n) is 4.83. The molecule has 7 heteroatoms. The van der Waals surface area contributed by atoms with E-state index in [1.54, 1.807) is 25.1 Å². The number of ether oxygens (including phenoxy) is 3. The molecule has 3 amide bonds. The molecule has 2 aromatic carbocycles. The predicted molar refractivity (Wildman–Crippen MR) is 96.8 cm³/mol. The quantitative estimate of drug-likeness (QED) is 0.821. The smallest absolute Gasteiger partial charge is 0.325 e. The number of nitrogens with one attached hydrogen (secondary N) is 1. The summed E-state index contributed by atoms with van der Waals surface area (Å²) in [6, 6.07) is 12.4. The molecule has 1 saturated heterocycles. The van der Waals surface area contributed by atoms with Gasteiger partial charge < -0.3 is 19.5 Å². The number of nitrogens with zero attached hydrogens (tertiary/aromatic N) is 1. The van der Waals surface area contributed by atoms with Crippen LogP contribution in [0.25, 0.3) is 0 Å². The number of benzene rings is 2. The van der Waals surface area contributed by atoms with E-state index in [2.05, 4.69) is 5.32 Å². The van der Waals surface area contributed by atoms with Crippen LogP contribution in [-0.2, 0) is 10.3 Å². The van der Waals surface area contributed by atoms with E-state index in [-0.39, 0.29) is 25.9 Å². The van der Waals surface area contributed by atoms with Crippen molar-refractivity contribution in [3.8, 4) is 17.2 Å². The second-order valence-electron chi connectivity index (χ2n) is 6.74. The molecular formula is C20H20N2O5. The molecular weight excluding hydrogens is 348 g/mol. The molecule has 2 aliphatic rings. The zero-order valence-corrected chi connectivity index (χ0v) is 15.2. The number of carbonyl (C=O) groups is 2. The zero-order chi connectivity index (χ0) is 19.0. The van der Waals surface area contributed by atoms with E-state index < -0.39 is 11.6 Å². The van der Waals surface area contributed by atoms with Gasteiger partial charge in [-0.05, 0) is 43.7 Å². The molecule has 1 atom stereocenters. The average molecular weight is 368 g/mol. The standard InChI is InChI=1S/C20H20N2O5/c1-13-3-6-15(7-4-13)25-10-9-22-18(23)20(2,21-19(22)24)14-5-8-16-17(11-14)27-12-26-16/h3-8,11H,9-10,12H2,1-2H3,(H,21,24)/t20-/m1/s1. The zero-order valence-electron chi connectivity index (χ0n) is 15.2. The van der Waals surface area contributed by atoms with E-state index in [0.29, 0.717) is 22.8 Å². The van der Waals surface area contributed by atoms with Crippen molar-refractivity contribution in [3.63, 3.8) is 0 Å². The van der Waals surface area contributed by atoms with Gasteiger partial charge in [0.1, 0.15) is 17.9 Å². The number of hydrogen-bond acceptors (Lipinski definition) is 5. The Labute approximate surface area is 156 Å². The van der Waals surface area contributed by atoms with Gasteiger partial charge >= 0.3 is 6.03 Å². The van der Waals surface area contributed by atoms with Crippen LogP contribution in [0.15, 0.2) is 42.5 Å². The summed E-state index contributed by atoms with van der Waals surface area (Å²) in [5.41, 5.74) is 0.630. The van der Waals surface area contributed by atoms with Gasteiger partial charge in [-0.1, -0.05) is 23.8 Å². The third-order valence-corrected chi connectivity index (χ3v) is 4.83. The molecule has 2 aliphatic heterocycles. The number of rotatable bonds is 5. The van der Waals surface area contributed by atoms with Crippen LogP contribution in [0.2, 0.25) is 0 Å². The number of aryl methyl sites for hydroxylation is 1. The Morgan fingerprint density at radius 3 is 2.63 bits per heavy atom. The monoisotopic (exact) mass is 368 g/mol. The molecule has 0 saturated carbocycles. The first-order valence-electron chi connectivity index (χ1n) is 8.71. The first-order chi connectivity index (χ1) is 13.0. The fourth-order valence-corrected chi connectivity index (χ4v) is 3.19. The topological polar surface area (TPSA) is 77.1 Å². The summed E-state index contributed by atoms with van der Waals surface area (Å²) in [4.78, 5) is 26.5. The fraction of sp³-hybridized carbons (Fsp3) is 0.300. The van der Waals surface area contributed by atoms with Crippen LogP contribution < -0.4 is 19.5 Å². The van der Waals surface area contributed by atoms with Crippen LogP contribution in [0.1, 0.15) is 18.1 Å². The van der Waals surface area contributed by atoms with Gasteiger partial charge in [0.25, 0.3) is 5.91 Å². The maximum absolute atomic E-state index is 12.9. The lowest BCUT2D eigenvalue weighted by Gasteiger charge is -2.22. The highest BCUT2D eigenvalue weighted by Crippen LogP contribution is 2.37. The van der Waals surface area contributed by atoms with Crippen molar-refractivity contribution in [2.24, 2.45) is 0 Å². The lowest BCUT2D eigenvalue weighted by Crippen LogP contribution is -2.41. The van der Waals surface area contributed by atoms with Crippen molar-refractivity contribution in [2.75, 3.05) is 19.9 Å². The van der Waals surface area contributed by atoms with E-state index in [4.69, 9.17) is 14.2 Å². The number of amides is 3. The minimum absolute atomic E-state index is 0.151. The highest BCUT2D eigenvalue weighted by Gasteiger charge is 2.49. The van der Waals surface area contributed by atoms with Crippen molar-refractivity contribution in [1.82, 2.24) is 10.2 Å². The van der Waals surface area contributed by atoms with Crippen LogP contribution in [0.4, 0.5) is 4.79 Å². The van der Waals surface area contributed by atoms with Gasteiger partial charge in [-0.25, -0.2) is 4.79 Å². The summed E-state index contributed by atoms with van der Waals surface area (Å²) < 4.78 is 16.3. The molecule has 0 aliphatic carbocycles. The molecule has 0 unspecified atom stereocenters. The summed E-state index contributed by atoms with van der Waals surface area (Å²) in [6.07, 6.45) is 0. The van der Waals surface area contributed by atoms with Crippen LogP contribution in [0, 0.1) is 6.92 Å². The molecule has 140 valence electrons. The number of carbonyl (C=O) groups excluding carboxylic acids is 2. The molecule has 1 N–H and O–H groups in total. The van der Waals surface area contributed by atoms with Gasteiger partial charge in [0.2, 0.25) is 6.79 Å². The van der Waals surface area contributed by atoms with Gasteiger partial charge in [0, 0.05) is 0 Å². The van der Waals surface area contributed by atoms with Crippen LogP contribution >= 0.6 is 0 Å². The van der Waals surface area contributed by atoms with Gasteiger partial charge in [-0.15, -0.1) is 0 Å². The molecule has 1 fully saturated rings.